The van der Waals surface area contributed by atoms with Crippen LogP contribution in [0.15, 0.2) is 42.5 Å². The van der Waals surface area contributed by atoms with E-state index in [9.17, 15) is 9.59 Å². The minimum atomic E-state index is -0.780. The van der Waals surface area contributed by atoms with Crippen molar-refractivity contribution in [1.29, 1.82) is 0 Å². The fourth-order valence-electron chi connectivity index (χ4n) is 2.87. The summed E-state index contributed by atoms with van der Waals surface area (Å²) in [6, 6.07) is 12.5. The first-order valence-corrected chi connectivity index (χ1v) is 8.14. The molecule has 3 amide bonds. The average molecular weight is 352 g/mol. The molecule has 1 aromatic heterocycles. The number of urea groups is 1. The molecule has 0 saturated heterocycles. The van der Waals surface area contributed by atoms with Gasteiger partial charge in [0.25, 0.3) is 5.91 Å². The molecule has 7 heteroatoms. The number of anilines is 1. The molecule has 0 aliphatic heterocycles. The van der Waals surface area contributed by atoms with Crippen LogP contribution in [0.3, 0.4) is 0 Å². The van der Waals surface area contributed by atoms with E-state index >= 15 is 0 Å². The lowest BCUT2D eigenvalue weighted by Crippen LogP contribution is -2.22. The summed E-state index contributed by atoms with van der Waals surface area (Å²) in [5, 5.41) is 3.01. The van der Waals surface area contributed by atoms with E-state index in [-0.39, 0.29) is 17.5 Å². The lowest BCUT2D eigenvalue weighted by atomic mass is 10.0. The first-order chi connectivity index (χ1) is 12.3. The van der Waals surface area contributed by atoms with Crippen molar-refractivity contribution in [3.8, 4) is 16.9 Å². The van der Waals surface area contributed by atoms with Gasteiger partial charge in [0.05, 0.1) is 11.7 Å². The van der Waals surface area contributed by atoms with E-state index in [1.54, 1.807) is 6.07 Å². The van der Waals surface area contributed by atoms with E-state index in [2.05, 4.69) is 10.3 Å². The Kier molecular flexibility index (Phi) is 4.53. The van der Waals surface area contributed by atoms with E-state index in [0.717, 1.165) is 16.9 Å². The Hall–Kier alpha value is -3.48. The van der Waals surface area contributed by atoms with Gasteiger partial charge in [-0.1, -0.05) is 24.3 Å². The van der Waals surface area contributed by atoms with Crippen LogP contribution < -0.4 is 21.5 Å². The lowest BCUT2D eigenvalue weighted by molar-refractivity contribution is 0.100. The standard InChI is InChI=1S/C19H20N4O3/c1-10(2)26-13-5-3-4-11(8-13)12-6-7-14-15(9-12)22-18(23-19(21)25)16(14)17(20)24/h3-10,22H,1-2H3,(H2,20,24)(H3,21,23,25). The average Bonchev–Trinajstić information content (AvgIpc) is 2.90. The number of carbonyl (C=O) groups excluding carboxylic acids is 2. The van der Waals surface area contributed by atoms with Crippen LogP contribution in [-0.2, 0) is 0 Å². The van der Waals surface area contributed by atoms with E-state index < -0.39 is 11.9 Å². The summed E-state index contributed by atoms with van der Waals surface area (Å²) in [5.74, 6) is 0.312. The molecule has 6 N–H and O–H groups in total. The highest BCUT2D eigenvalue weighted by Gasteiger charge is 2.18. The summed E-state index contributed by atoms with van der Waals surface area (Å²) in [5.41, 5.74) is 13.4. The Labute approximate surface area is 150 Å². The van der Waals surface area contributed by atoms with Gasteiger partial charge in [0.2, 0.25) is 0 Å². The van der Waals surface area contributed by atoms with Crippen LogP contribution in [0.1, 0.15) is 24.2 Å². The number of amides is 3. The second-order valence-corrected chi connectivity index (χ2v) is 6.18. The molecule has 3 aromatic rings. The Bertz CT molecular complexity index is 992. The number of fused-ring (bicyclic) bond motifs is 1. The monoisotopic (exact) mass is 352 g/mol. The minimum absolute atomic E-state index is 0.0803. The summed E-state index contributed by atoms with van der Waals surface area (Å²) in [4.78, 5) is 25.9. The van der Waals surface area contributed by atoms with Crippen LogP contribution in [-0.4, -0.2) is 23.0 Å². The molecule has 7 nitrogen and oxygen atoms in total. The number of aromatic amines is 1. The summed E-state index contributed by atoms with van der Waals surface area (Å²) >= 11 is 0. The topological polar surface area (TPSA) is 123 Å². The van der Waals surface area contributed by atoms with Crippen LogP contribution in [0.5, 0.6) is 5.75 Å². The highest BCUT2D eigenvalue weighted by Crippen LogP contribution is 2.31. The Morgan fingerprint density at radius 1 is 1.08 bits per heavy atom. The number of rotatable bonds is 5. The van der Waals surface area contributed by atoms with Gasteiger partial charge in [0.1, 0.15) is 11.6 Å². The Morgan fingerprint density at radius 3 is 2.46 bits per heavy atom. The third kappa shape index (κ3) is 3.46. The number of aromatic nitrogens is 1. The van der Waals surface area contributed by atoms with Gasteiger partial charge >= 0.3 is 6.03 Å². The molecule has 0 radical (unpaired) electrons. The summed E-state index contributed by atoms with van der Waals surface area (Å²) < 4.78 is 5.73. The number of carbonyl (C=O) groups is 2. The fraction of sp³-hybridized carbons (Fsp3) is 0.158. The zero-order valence-electron chi connectivity index (χ0n) is 14.5. The highest BCUT2D eigenvalue weighted by atomic mass is 16.5. The van der Waals surface area contributed by atoms with Gasteiger partial charge in [0, 0.05) is 10.9 Å². The summed E-state index contributed by atoms with van der Waals surface area (Å²) in [6.45, 7) is 3.94. The smallest absolute Gasteiger partial charge is 0.317 e. The highest BCUT2D eigenvalue weighted by molar-refractivity contribution is 6.13. The molecule has 0 aliphatic carbocycles. The number of nitrogens with two attached hydrogens (primary N) is 2. The molecule has 3 rings (SSSR count). The normalized spacial score (nSPS) is 10.9. The van der Waals surface area contributed by atoms with Crippen molar-refractivity contribution in [2.75, 3.05) is 5.32 Å². The molecule has 134 valence electrons. The predicted molar refractivity (Wildman–Crippen MR) is 101 cm³/mol. The summed E-state index contributed by atoms with van der Waals surface area (Å²) in [7, 11) is 0. The second-order valence-electron chi connectivity index (χ2n) is 6.18. The maximum atomic E-state index is 11.8. The van der Waals surface area contributed by atoms with Crippen molar-refractivity contribution in [3.05, 3.63) is 48.0 Å². The molecule has 1 heterocycles. The van der Waals surface area contributed by atoms with Crippen LogP contribution in [0.4, 0.5) is 10.6 Å². The van der Waals surface area contributed by atoms with Crippen molar-refractivity contribution < 1.29 is 14.3 Å². The maximum absolute atomic E-state index is 11.8. The van der Waals surface area contributed by atoms with Crippen molar-refractivity contribution in [2.24, 2.45) is 11.5 Å². The lowest BCUT2D eigenvalue weighted by Gasteiger charge is -2.11. The molecule has 0 unspecified atom stereocenters. The van der Waals surface area contributed by atoms with Crippen LogP contribution >= 0.6 is 0 Å². The first-order valence-electron chi connectivity index (χ1n) is 8.14. The molecule has 0 fully saturated rings. The fourth-order valence-corrected chi connectivity index (χ4v) is 2.87. The number of benzene rings is 2. The first kappa shape index (κ1) is 17.3. The molecule has 0 aliphatic rings. The quantitative estimate of drug-likeness (QED) is 0.563. The molecule has 2 aromatic carbocycles. The second kappa shape index (κ2) is 6.79. The molecule has 0 saturated carbocycles. The molecule has 26 heavy (non-hydrogen) atoms. The molecule has 0 spiro atoms. The maximum Gasteiger partial charge on any atom is 0.317 e. The zero-order valence-corrected chi connectivity index (χ0v) is 14.5. The number of hydrogen-bond donors (Lipinski definition) is 4. The zero-order chi connectivity index (χ0) is 18.8. The van der Waals surface area contributed by atoms with E-state index in [1.807, 2.05) is 50.2 Å². The van der Waals surface area contributed by atoms with Crippen molar-refractivity contribution in [3.63, 3.8) is 0 Å². The number of hydrogen-bond acceptors (Lipinski definition) is 3. The van der Waals surface area contributed by atoms with Gasteiger partial charge in [-0.3, -0.25) is 10.1 Å². The molecule has 0 atom stereocenters. The van der Waals surface area contributed by atoms with Gasteiger partial charge < -0.3 is 21.2 Å². The van der Waals surface area contributed by atoms with Gasteiger partial charge in [-0.05, 0) is 43.2 Å². The third-order valence-corrected chi connectivity index (χ3v) is 3.83. The largest absolute Gasteiger partial charge is 0.491 e. The molecular weight excluding hydrogens is 332 g/mol. The van der Waals surface area contributed by atoms with Gasteiger partial charge in [-0.15, -0.1) is 0 Å². The molecule has 0 bridgehead atoms. The van der Waals surface area contributed by atoms with E-state index in [1.165, 1.54) is 0 Å². The predicted octanol–water partition coefficient (Wildman–Crippen LogP) is 3.21. The molecular formula is C19H20N4O3. The van der Waals surface area contributed by atoms with Crippen molar-refractivity contribution in [1.82, 2.24) is 4.98 Å². The van der Waals surface area contributed by atoms with E-state index in [0.29, 0.717) is 10.9 Å². The Morgan fingerprint density at radius 2 is 1.81 bits per heavy atom. The number of H-pyrrole nitrogens is 1. The van der Waals surface area contributed by atoms with Crippen molar-refractivity contribution in [2.45, 2.75) is 20.0 Å². The SMILES string of the molecule is CC(C)Oc1cccc(-c2ccc3c(C(N)=O)c(NC(N)=O)[nH]c3c2)c1. The number of nitrogens with one attached hydrogen (secondary N) is 2. The van der Waals surface area contributed by atoms with Crippen LogP contribution in [0, 0.1) is 0 Å². The Balaban J connectivity index is 2.07. The minimum Gasteiger partial charge on any atom is -0.491 e. The van der Waals surface area contributed by atoms with Gasteiger partial charge in [-0.2, -0.15) is 0 Å². The summed E-state index contributed by atoms with van der Waals surface area (Å²) in [6.07, 6.45) is 0.0803. The van der Waals surface area contributed by atoms with Crippen LogP contribution in [0.25, 0.3) is 22.0 Å². The van der Waals surface area contributed by atoms with E-state index in [4.69, 9.17) is 16.2 Å². The van der Waals surface area contributed by atoms with Gasteiger partial charge in [0.15, 0.2) is 0 Å². The van der Waals surface area contributed by atoms with Gasteiger partial charge in [-0.25, -0.2) is 4.79 Å². The third-order valence-electron chi connectivity index (χ3n) is 3.83. The number of ether oxygens (including phenoxy) is 1. The van der Waals surface area contributed by atoms with Crippen molar-refractivity contribution >= 4 is 28.7 Å². The van der Waals surface area contributed by atoms with Crippen LogP contribution in [0.2, 0.25) is 0 Å². The number of primary amides is 2.